The van der Waals surface area contributed by atoms with Crippen molar-refractivity contribution in [3.8, 4) is 0 Å². The van der Waals surface area contributed by atoms with Crippen molar-refractivity contribution in [2.45, 2.75) is 32.4 Å². The first kappa shape index (κ1) is 17.8. The molecule has 0 bridgehead atoms. The molecule has 1 atom stereocenters. The van der Waals surface area contributed by atoms with Gasteiger partial charge in [-0.2, -0.15) is 4.98 Å². The van der Waals surface area contributed by atoms with Crippen LogP contribution in [-0.2, 0) is 6.54 Å². The molecule has 1 fully saturated rings. The maximum Gasteiger partial charge on any atom is 0.230 e. The van der Waals surface area contributed by atoms with E-state index in [4.69, 9.17) is 4.98 Å². The fraction of sp³-hybridized carbons (Fsp3) is 0.333. The highest BCUT2D eigenvalue weighted by molar-refractivity contribution is 6.06. The Bertz CT molecular complexity index is 1150. The van der Waals surface area contributed by atoms with Gasteiger partial charge in [-0.15, -0.1) is 0 Å². The zero-order valence-electron chi connectivity index (χ0n) is 16.3. The summed E-state index contributed by atoms with van der Waals surface area (Å²) in [5.74, 6) is 1.17. The zero-order chi connectivity index (χ0) is 19.8. The van der Waals surface area contributed by atoms with Crippen LogP contribution < -0.4 is 10.2 Å². The summed E-state index contributed by atoms with van der Waals surface area (Å²) in [4.78, 5) is 20.3. The van der Waals surface area contributed by atoms with Crippen LogP contribution in [0.4, 0.5) is 17.5 Å². The zero-order valence-corrected chi connectivity index (χ0v) is 16.3. The Kier molecular flexibility index (Phi) is 4.48. The largest absolute Gasteiger partial charge is 0.392 e. The van der Waals surface area contributed by atoms with E-state index in [0.29, 0.717) is 18.3 Å². The van der Waals surface area contributed by atoms with Crippen molar-refractivity contribution in [2.75, 3.05) is 23.3 Å². The second-order valence-corrected chi connectivity index (χ2v) is 7.50. The Morgan fingerprint density at radius 3 is 2.69 bits per heavy atom. The molecular weight excluding hydrogens is 366 g/mol. The van der Waals surface area contributed by atoms with Gasteiger partial charge in [-0.25, -0.2) is 9.97 Å². The summed E-state index contributed by atoms with van der Waals surface area (Å²) >= 11 is 0. The van der Waals surface area contributed by atoms with Gasteiger partial charge in [0.1, 0.15) is 11.5 Å². The number of nitrogens with zero attached hydrogens (tertiary/aromatic N) is 6. The van der Waals surface area contributed by atoms with Gasteiger partial charge >= 0.3 is 0 Å². The Labute approximate surface area is 168 Å². The summed E-state index contributed by atoms with van der Waals surface area (Å²) in [5.41, 5.74) is 2.84. The van der Waals surface area contributed by atoms with Crippen molar-refractivity contribution >= 4 is 39.4 Å². The van der Waals surface area contributed by atoms with Crippen LogP contribution in [0.15, 0.2) is 43.0 Å². The van der Waals surface area contributed by atoms with Crippen molar-refractivity contribution in [1.82, 2.24) is 24.5 Å². The molecule has 29 heavy (non-hydrogen) atoms. The molecule has 0 radical (unpaired) electrons. The van der Waals surface area contributed by atoms with Crippen molar-refractivity contribution in [3.63, 3.8) is 0 Å². The van der Waals surface area contributed by atoms with Crippen molar-refractivity contribution in [1.29, 1.82) is 0 Å². The van der Waals surface area contributed by atoms with Gasteiger partial charge in [0, 0.05) is 36.3 Å². The summed E-state index contributed by atoms with van der Waals surface area (Å²) in [5, 5.41) is 15.1. The fourth-order valence-corrected chi connectivity index (χ4v) is 3.96. The smallest absolute Gasteiger partial charge is 0.230 e. The van der Waals surface area contributed by atoms with Crippen LogP contribution in [0, 0.1) is 0 Å². The Balaban J connectivity index is 1.48. The highest BCUT2D eigenvalue weighted by Gasteiger charge is 2.15. The number of pyridine rings is 2. The molecule has 148 valence electrons. The predicted octanol–water partition coefficient (Wildman–Crippen LogP) is 3.10. The van der Waals surface area contributed by atoms with E-state index in [2.05, 4.69) is 31.2 Å². The van der Waals surface area contributed by atoms with Gasteiger partial charge in [-0.1, -0.05) is 0 Å². The minimum absolute atomic E-state index is 0.435. The monoisotopic (exact) mass is 389 g/mol. The van der Waals surface area contributed by atoms with Gasteiger partial charge in [0.2, 0.25) is 5.95 Å². The summed E-state index contributed by atoms with van der Waals surface area (Å²) in [7, 11) is 0. The van der Waals surface area contributed by atoms with Crippen LogP contribution >= 0.6 is 0 Å². The molecule has 0 saturated carbocycles. The lowest BCUT2D eigenvalue weighted by atomic mass is 10.2. The normalized spacial score (nSPS) is 15.3. The highest BCUT2D eigenvalue weighted by atomic mass is 16.3. The van der Waals surface area contributed by atoms with Crippen LogP contribution in [-0.4, -0.2) is 48.8 Å². The van der Waals surface area contributed by atoms with E-state index in [-0.39, 0.29) is 0 Å². The first-order chi connectivity index (χ1) is 14.2. The third-order valence-corrected chi connectivity index (χ3v) is 5.31. The van der Waals surface area contributed by atoms with Crippen LogP contribution in [0.5, 0.6) is 0 Å². The summed E-state index contributed by atoms with van der Waals surface area (Å²) in [6, 6.07) is 5.98. The molecule has 8 heteroatoms. The van der Waals surface area contributed by atoms with Crippen LogP contribution in [0.3, 0.4) is 0 Å². The van der Waals surface area contributed by atoms with Crippen LogP contribution in [0.25, 0.3) is 21.9 Å². The predicted molar refractivity (Wildman–Crippen MR) is 113 cm³/mol. The number of rotatable bonds is 5. The number of fused-ring (bicyclic) bond motifs is 3. The molecule has 1 saturated heterocycles. The number of nitrogens with one attached hydrogen (secondary N) is 1. The fourth-order valence-electron chi connectivity index (χ4n) is 3.96. The molecule has 1 aliphatic heterocycles. The van der Waals surface area contributed by atoms with E-state index in [0.717, 1.165) is 40.7 Å². The lowest BCUT2D eigenvalue weighted by Crippen LogP contribution is -2.17. The molecule has 8 nitrogen and oxygen atoms in total. The van der Waals surface area contributed by atoms with Crippen molar-refractivity contribution in [3.05, 3.63) is 43.0 Å². The standard InChI is InChI=1S/C21H23N7O/c1-14(29)13-28-18-12-22-7-6-16(18)17-11-24-21(26-20(17)28)25-19-5-4-15(10-23-19)27-8-2-3-9-27/h4-7,10-12,14,29H,2-3,8-9,13H2,1H3,(H,23,24,25,26)/t14-/m1/s1. The molecule has 4 aromatic heterocycles. The maximum atomic E-state index is 9.95. The van der Waals surface area contributed by atoms with E-state index in [1.807, 2.05) is 29.1 Å². The molecule has 0 spiro atoms. The summed E-state index contributed by atoms with van der Waals surface area (Å²) < 4.78 is 1.99. The van der Waals surface area contributed by atoms with Crippen molar-refractivity contribution in [2.24, 2.45) is 0 Å². The van der Waals surface area contributed by atoms with Gasteiger partial charge in [0.05, 0.1) is 36.2 Å². The second-order valence-electron chi connectivity index (χ2n) is 7.50. The lowest BCUT2D eigenvalue weighted by Gasteiger charge is -2.17. The molecule has 4 aromatic rings. The molecule has 5 heterocycles. The molecule has 0 amide bonds. The molecule has 0 aliphatic carbocycles. The molecular formula is C21H23N7O. The number of anilines is 3. The third-order valence-electron chi connectivity index (χ3n) is 5.31. The minimum Gasteiger partial charge on any atom is -0.392 e. The van der Waals surface area contributed by atoms with Crippen LogP contribution in [0.2, 0.25) is 0 Å². The number of hydrogen-bond donors (Lipinski definition) is 2. The Hall–Kier alpha value is -3.26. The number of aliphatic hydroxyl groups excluding tert-OH is 1. The van der Waals surface area contributed by atoms with Gasteiger partial charge < -0.3 is 19.9 Å². The first-order valence-corrected chi connectivity index (χ1v) is 9.94. The highest BCUT2D eigenvalue weighted by Crippen LogP contribution is 2.28. The van der Waals surface area contributed by atoms with Gasteiger partial charge in [0.15, 0.2) is 0 Å². The first-order valence-electron chi connectivity index (χ1n) is 9.94. The Morgan fingerprint density at radius 2 is 1.93 bits per heavy atom. The van der Waals surface area contributed by atoms with E-state index < -0.39 is 6.10 Å². The number of aromatic nitrogens is 5. The summed E-state index contributed by atoms with van der Waals surface area (Å²) in [6.07, 6.45) is 9.23. The van der Waals surface area contributed by atoms with Gasteiger partial charge in [-0.3, -0.25) is 4.98 Å². The SMILES string of the molecule is C[C@@H](O)Cn1c2cnccc2c2cnc(Nc3ccc(N4CCCC4)cn3)nc21. The maximum absolute atomic E-state index is 9.95. The third kappa shape index (κ3) is 3.36. The number of hydrogen-bond acceptors (Lipinski definition) is 7. The lowest BCUT2D eigenvalue weighted by molar-refractivity contribution is 0.176. The quantitative estimate of drug-likeness (QED) is 0.542. The van der Waals surface area contributed by atoms with E-state index >= 15 is 0 Å². The average molecular weight is 389 g/mol. The van der Waals surface area contributed by atoms with Gasteiger partial charge in [0.25, 0.3) is 0 Å². The molecule has 5 rings (SSSR count). The van der Waals surface area contributed by atoms with E-state index in [9.17, 15) is 5.11 Å². The second kappa shape index (κ2) is 7.29. The average Bonchev–Trinajstić information content (AvgIpc) is 3.36. The topological polar surface area (TPSA) is 92.0 Å². The minimum atomic E-state index is -0.500. The van der Waals surface area contributed by atoms with E-state index in [1.165, 1.54) is 12.8 Å². The van der Waals surface area contributed by atoms with Gasteiger partial charge in [-0.05, 0) is 38.0 Å². The Morgan fingerprint density at radius 1 is 1.07 bits per heavy atom. The molecule has 2 N–H and O–H groups in total. The molecule has 0 aromatic carbocycles. The van der Waals surface area contributed by atoms with Crippen LogP contribution in [0.1, 0.15) is 19.8 Å². The molecule has 0 unspecified atom stereocenters. The van der Waals surface area contributed by atoms with E-state index in [1.54, 1.807) is 19.3 Å². The summed E-state index contributed by atoms with van der Waals surface area (Å²) in [6.45, 7) is 4.39. The molecule has 1 aliphatic rings. The number of aliphatic hydroxyl groups is 1. The van der Waals surface area contributed by atoms with Crippen molar-refractivity contribution < 1.29 is 5.11 Å².